The van der Waals surface area contributed by atoms with Gasteiger partial charge in [-0.25, -0.2) is 0 Å². The van der Waals surface area contributed by atoms with E-state index in [1.807, 2.05) is 91.0 Å². The topological polar surface area (TPSA) is 141 Å². The Morgan fingerprint density at radius 2 is 1.51 bits per heavy atom. The Hall–Kier alpha value is -6.65. The predicted octanol–water partition coefficient (Wildman–Crippen LogP) is 5.47. The van der Waals surface area contributed by atoms with Crippen molar-refractivity contribution in [3.63, 3.8) is 0 Å². The smallest absolute Gasteiger partial charge is 0.324 e. The summed E-state index contributed by atoms with van der Waals surface area (Å²) in [7, 11) is 0. The number of carbonyl (C=O) groups excluding carboxylic acids is 3. The molecule has 0 bridgehead atoms. The van der Waals surface area contributed by atoms with Crippen molar-refractivity contribution in [3.8, 4) is 29.1 Å². The zero-order valence-electron chi connectivity index (χ0n) is 33.3. The van der Waals surface area contributed by atoms with Crippen LogP contribution in [0.25, 0.3) is 0 Å². The maximum absolute atomic E-state index is 15.8. The molecule has 3 N–H and O–H groups in total. The number of benzene rings is 5. The molecule has 0 radical (unpaired) electrons. The van der Waals surface area contributed by atoms with E-state index in [9.17, 15) is 10.2 Å². The van der Waals surface area contributed by atoms with E-state index in [1.165, 1.54) is 0 Å². The number of aromatic hydroxyl groups is 1. The molecule has 1 spiro atoms. The molecule has 308 valence electrons. The lowest BCUT2D eigenvalue weighted by atomic mass is 9.65. The van der Waals surface area contributed by atoms with Gasteiger partial charge in [0.15, 0.2) is 11.5 Å². The van der Waals surface area contributed by atoms with Gasteiger partial charge < -0.3 is 34.6 Å². The minimum atomic E-state index is -1.66. The molecule has 5 heterocycles. The van der Waals surface area contributed by atoms with Gasteiger partial charge in [-0.05, 0) is 70.3 Å². The highest BCUT2D eigenvalue weighted by atomic mass is 16.7. The van der Waals surface area contributed by atoms with Gasteiger partial charge in [-0.15, -0.1) is 0 Å². The van der Waals surface area contributed by atoms with Gasteiger partial charge in [0.1, 0.15) is 23.3 Å². The fourth-order valence-electron chi connectivity index (χ4n) is 10.1. The molecule has 3 saturated heterocycles. The van der Waals surface area contributed by atoms with Gasteiger partial charge in [-0.2, -0.15) is 0 Å². The van der Waals surface area contributed by atoms with Crippen LogP contribution >= 0.6 is 0 Å². The number of phenolic OH excluding ortho intramolecular Hbond substituents is 1. The van der Waals surface area contributed by atoms with Crippen LogP contribution in [0.1, 0.15) is 58.0 Å². The molecular formula is C49H44N4O8. The minimum absolute atomic E-state index is 0.0381. The van der Waals surface area contributed by atoms with Crippen molar-refractivity contribution in [2.75, 3.05) is 44.9 Å². The number of morpholine rings is 1. The SMILES string of the molecule is O=C1OC(c2ccccc2)C(c2ccccc2)N2C1C(C(=O)N1CCN(Cc3ccc4c(c3)OCO4)CC1)C1(C(=O)Nc3ccc(C#CCCO)cc31)C2c1ccc(O)cc1. The van der Waals surface area contributed by atoms with Crippen LogP contribution in [-0.2, 0) is 31.1 Å². The molecule has 0 aromatic heterocycles. The number of carbonyl (C=O) groups is 3. The highest BCUT2D eigenvalue weighted by Gasteiger charge is 2.74. The maximum Gasteiger partial charge on any atom is 0.324 e. The summed E-state index contributed by atoms with van der Waals surface area (Å²) in [5.41, 5.74) is 3.35. The lowest BCUT2D eigenvalue weighted by Gasteiger charge is -2.46. The number of phenols is 1. The maximum atomic E-state index is 15.8. The van der Waals surface area contributed by atoms with Crippen molar-refractivity contribution < 1.29 is 38.8 Å². The molecule has 5 aromatic rings. The van der Waals surface area contributed by atoms with E-state index in [0.717, 1.165) is 22.4 Å². The molecule has 12 nitrogen and oxygen atoms in total. The Labute approximate surface area is 353 Å². The Balaban J connectivity index is 1.13. The highest BCUT2D eigenvalue weighted by molar-refractivity contribution is 6.12. The van der Waals surface area contributed by atoms with E-state index in [4.69, 9.17) is 14.2 Å². The largest absolute Gasteiger partial charge is 0.508 e. The summed E-state index contributed by atoms with van der Waals surface area (Å²) in [4.78, 5) is 52.5. The normalized spacial score (nSPS) is 25.3. The number of anilines is 1. The number of nitrogens with zero attached hydrogens (tertiary/aromatic N) is 3. The molecule has 3 fully saturated rings. The fraction of sp³-hybridized carbons (Fsp3) is 0.286. The van der Waals surface area contributed by atoms with Crippen LogP contribution in [0.4, 0.5) is 5.69 Å². The van der Waals surface area contributed by atoms with E-state index in [-0.39, 0.29) is 31.5 Å². The van der Waals surface area contributed by atoms with Crippen molar-refractivity contribution in [1.82, 2.24) is 14.7 Å². The number of esters is 1. The number of aliphatic hydroxyl groups excluding tert-OH is 1. The Kier molecular flexibility index (Phi) is 9.95. The number of piperazine rings is 1. The molecular weight excluding hydrogens is 773 g/mol. The molecule has 2 amide bonds. The van der Waals surface area contributed by atoms with Gasteiger partial charge in [0.25, 0.3) is 0 Å². The summed E-state index contributed by atoms with van der Waals surface area (Å²) in [6, 6.07) is 34.7. The molecule has 10 rings (SSSR count). The molecule has 5 aliphatic heterocycles. The van der Waals surface area contributed by atoms with Gasteiger partial charge in [0.2, 0.25) is 18.6 Å². The number of aliphatic hydroxyl groups is 1. The second-order valence-electron chi connectivity index (χ2n) is 16.1. The summed E-state index contributed by atoms with van der Waals surface area (Å²) in [5, 5.41) is 23.2. The molecule has 12 heteroatoms. The zero-order valence-corrected chi connectivity index (χ0v) is 33.3. The van der Waals surface area contributed by atoms with E-state index in [2.05, 4.69) is 27.0 Å². The number of nitrogens with one attached hydrogen (secondary N) is 1. The minimum Gasteiger partial charge on any atom is -0.508 e. The average Bonchev–Trinajstić information content (AvgIpc) is 3.97. The molecule has 61 heavy (non-hydrogen) atoms. The third-order valence-corrected chi connectivity index (χ3v) is 12.8. The zero-order chi connectivity index (χ0) is 41.7. The second kappa shape index (κ2) is 15.7. The van der Waals surface area contributed by atoms with Gasteiger partial charge in [-0.3, -0.25) is 24.2 Å². The molecule has 6 atom stereocenters. The Morgan fingerprint density at radius 3 is 2.25 bits per heavy atom. The van der Waals surface area contributed by atoms with E-state index >= 15 is 14.4 Å². The monoisotopic (exact) mass is 816 g/mol. The first-order valence-corrected chi connectivity index (χ1v) is 20.7. The van der Waals surface area contributed by atoms with Crippen LogP contribution in [0.5, 0.6) is 17.2 Å². The van der Waals surface area contributed by atoms with Gasteiger partial charge >= 0.3 is 5.97 Å². The molecule has 0 saturated carbocycles. The summed E-state index contributed by atoms with van der Waals surface area (Å²) >= 11 is 0. The highest BCUT2D eigenvalue weighted by Crippen LogP contribution is 2.65. The van der Waals surface area contributed by atoms with Gasteiger partial charge in [0, 0.05) is 50.4 Å². The van der Waals surface area contributed by atoms with E-state index < -0.39 is 47.4 Å². The number of rotatable bonds is 7. The standard InChI is InChI=1S/C49H44N4O8/c54-26-8-7-9-31-14-20-38-37(27-31)49(48(58)50-38)41(46(56)52-24-22-51(23-25-52)29-32-15-21-39-40(28-32)60-30-59-39)43-47(57)61-44(34-12-5-2-6-13-34)42(33-10-3-1-4-11-33)53(43)45(49)35-16-18-36(55)19-17-35/h1-6,10-21,27-28,41-45,54-55H,8,22-26,29-30H2,(H,50,58). The summed E-state index contributed by atoms with van der Waals surface area (Å²) in [5.74, 6) is 5.05. The lowest BCUT2D eigenvalue weighted by molar-refractivity contribution is -0.179. The van der Waals surface area contributed by atoms with Crippen LogP contribution in [0.2, 0.25) is 0 Å². The first kappa shape index (κ1) is 38.5. The van der Waals surface area contributed by atoms with Crippen LogP contribution in [0.15, 0.2) is 121 Å². The number of ether oxygens (including phenoxy) is 3. The number of cyclic esters (lactones) is 1. The Morgan fingerprint density at radius 1 is 0.787 bits per heavy atom. The van der Waals surface area contributed by atoms with Gasteiger partial charge in [-0.1, -0.05) is 90.7 Å². The number of fused-ring (bicyclic) bond motifs is 4. The van der Waals surface area contributed by atoms with Crippen LogP contribution in [0.3, 0.4) is 0 Å². The quantitative estimate of drug-likeness (QED) is 0.143. The molecule has 5 aliphatic rings. The summed E-state index contributed by atoms with van der Waals surface area (Å²) in [6.07, 6.45) is -0.532. The predicted molar refractivity (Wildman–Crippen MR) is 224 cm³/mol. The first-order valence-electron chi connectivity index (χ1n) is 20.7. The van der Waals surface area contributed by atoms with Crippen LogP contribution in [0, 0.1) is 17.8 Å². The fourth-order valence-corrected chi connectivity index (χ4v) is 10.1. The Bertz CT molecular complexity index is 2550. The molecule has 0 aliphatic carbocycles. The number of amides is 2. The van der Waals surface area contributed by atoms with Crippen LogP contribution < -0.4 is 14.8 Å². The van der Waals surface area contributed by atoms with Crippen LogP contribution in [-0.4, -0.2) is 88.3 Å². The van der Waals surface area contributed by atoms with Gasteiger partial charge in [0.05, 0.1) is 24.6 Å². The third kappa shape index (κ3) is 6.57. The van der Waals surface area contributed by atoms with Crippen molar-refractivity contribution in [3.05, 3.63) is 155 Å². The number of hydrogen-bond acceptors (Lipinski definition) is 10. The van der Waals surface area contributed by atoms with E-state index in [1.54, 1.807) is 35.2 Å². The summed E-state index contributed by atoms with van der Waals surface area (Å²) in [6.45, 7) is 2.62. The van der Waals surface area contributed by atoms with Crippen molar-refractivity contribution in [2.24, 2.45) is 5.92 Å². The molecule has 6 unspecified atom stereocenters. The number of hydrogen-bond donors (Lipinski definition) is 3. The summed E-state index contributed by atoms with van der Waals surface area (Å²) < 4.78 is 17.7. The third-order valence-electron chi connectivity index (χ3n) is 12.8. The first-order chi connectivity index (χ1) is 29.8. The van der Waals surface area contributed by atoms with Crippen molar-refractivity contribution in [2.45, 2.75) is 42.6 Å². The van der Waals surface area contributed by atoms with Crippen molar-refractivity contribution >= 4 is 23.5 Å². The second-order valence-corrected chi connectivity index (χ2v) is 16.1. The molecule has 5 aromatic carbocycles. The average molecular weight is 817 g/mol. The lowest BCUT2D eigenvalue weighted by Crippen LogP contribution is -2.58. The van der Waals surface area contributed by atoms with Crippen molar-refractivity contribution in [1.29, 1.82) is 0 Å². The van der Waals surface area contributed by atoms with E-state index in [0.29, 0.717) is 60.9 Å².